The fourth-order valence-corrected chi connectivity index (χ4v) is 4.70. The van der Waals surface area contributed by atoms with Crippen LogP contribution in [0.3, 0.4) is 0 Å². The fraction of sp³-hybridized carbons (Fsp3) is 0.190. The summed E-state index contributed by atoms with van der Waals surface area (Å²) in [5, 5.41) is 9.72. The maximum atomic E-state index is 12.8. The molecule has 7 nitrogen and oxygen atoms in total. The molecule has 3 aromatic rings. The summed E-state index contributed by atoms with van der Waals surface area (Å²) in [5.41, 5.74) is 2.06. The summed E-state index contributed by atoms with van der Waals surface area (Å²) in [6.07, 6.45) is 2.04. The van der Waals surface area contributed by atoms with E-state index in [1.165, 1.54) is 6.07 Å². The van der Waals surface area contributed by atoms with Gasteiger partial charge < -0.3 is 4.90 Å². The Balaban J connectivity index is 1.48. The highest BCUT2D eigenvalue weighted by Crippen LogP contribution is 2.21. The lowest BCUT2D eigenvalue weighted by atomic mass is 10.1. The summed E-state index contributed by atoms with van der Waals surface area (Å²) < 4.78 is 28.1. The molecular formula is C21H18N4O3S. The zero-order chi connectivity index (χ0) is 20.4. The fourth-order valence-electron chi connectivity index (χ4n) is 3.44. The van der Waals surface area contributed by atoms with E-state index < -0.39 is 16.1 Å². The summed E-state index contributed by atoms with van der Waals surface area (Å²) in [4.78, 5) is 18.6. The number of amides is 1. The van der Waals surface area contributed by atoms with Crippen molar-refractivity contribution in [3.05, 3.63) is 71.9 Å². The van der Waals surface area contributed by atoms with Crippen LogP contribution >= 0.6 is 0 Å². The Morgan fingerprint density at radius 2 is 2.03 bits per heavy atom. The number of aromatic nitrogens is 1. The molecule has 2 heterocycles. The molecule has 1 amide bonds. The SMILES string of the molecule is N#Cc1cccc(CN2CC[C@H](NS(=O)(=O)c3ccc4ncccc4c3)C2=O)c1. The van der Waals surface area contributed by atoms with Crippen LogP contribution in [0, 0.1) is 11.3 Å². The van der Waals surface area contributed by atoms with Gasteiger partial charge in [-0.3, -0.25) is 9.78 Å². The quantitative estimate of drug-likeness (QED) is 0.700. The van der Waals surface area contributed by atoms with Crippen LogP contribution in [0.1, 0.15) is 17.5 Å². The second-order valence-electron chi connectivity index (χ2n) is 6.89. The minimum atomic E-state index is -3.84. The van der Waals surface area contributed by atoms with Crippen molar-refractivity contribution in [1.82, 2.24) is 14.6 Å². The molecule has 29 heavy (non-hydrogen) atoms. The van der Waals surface area contributed by atoms with Gasteiger partial charge in [0.25, 0.3) is 0 Å². The summed E-state index contributed by atoms with van der Waals surface area (Å²) in [6, 6.07) is 16.5. The third-order valence-corrected chi connectivity index (χ3v) is 6.38. The number of rotatable bonds is 5. The van der Waals surface area contributed by atoms with Gasteiger partial charge in [-0.2, -0.15) is 9.98 Å². The summed E-state index contributed by atoms with van der Waals surface area (Å²) in [6.45, 7) is 0.790. The first kappa shape index (κ1) is 19.1. The lowest BCUT2D eigenvalue weighted by molar-refractivity contribution is -0.129. The third kappa shape index (κ3) is 3.97. The number of nitriles is 1. The van der Waals surface area contributed by atoms with Crippen LogP contribution in [0.2, 0.25) is 0 Å². The number of sulfonamides is 1. The monoisotopic (exact) mass is 406 g/mol. The lowest BCUT2D eigenvalue weighted by Crippen LogP contribution is -2.41. The summed E-state index contributed by atoms with van der Waals surface area (Å²) in [7, 11) is -3.84. The van der Waals surface area contributed by atoms with Crippen molar-refractivity contribution in [2.45, 2.75) is 23.9 Å². The summed E-state index contributed by atoms with van der Waals surface area (Å²) in [5.74, 6) is -0.265. The highest BCUT2D eigenvalue weighted by atomic mass is 32.2. The smallest absolute Gasteiger partial charge is 0.241 e. The van der Waals surface area contributed by atoms with E-state index in [9.17, 15) is 13.2 Å². The average Bonchev–Trinajstić information content (AvgIpc) is 3.06. The number of hydrogen-bond donors (Lipinski definition) is 1. The third-order valence-electron chi connectivity index (χ3n) is 4.91. The molecule has 1 aliphatic rings. The predicted octanol–water partition coefficient (Wildman–Crippen LogP) is 2.19. The van der Waals surface area contributed by atoms with Gasteiger partial charge in [0.15, 0.2) is 0 Å². The Hall–Kier alpha value is -3.28. The average molecular weight is 406 g/mol. The van der Waals surface area contributed by atoms with Crippen LogP contribution in [0.5, 0.6) is 0 Å². The zero-order valence-corrected chi connectivity index (χ0v) is 16.3. The summed E-state index contributed by atoms with van der Waals surface area (Å²) >= 11 is 0. The maximum absolute atomic E-state index is 12.8. The molecule has 0 radical (unpaired) electrons. The van der Waals surface area contributed by atoms with Gasteiger partial charge >= 0.3 is 0 Å². The first-order chi connectivity index (χ1) is 14.0. The van der Waals surface area contributed by atoms with Gasteiger partial charge in [0.2, 0.25) is 15.9 Å². The van der Waals surface area contributed by atoms with Gasteiger partial charge in [-0.1, -0.05) is 18.2 Å². The van der Waals surface area contributed by atoms with Crippen LogP contribution in [0.4, 0.5) is 0 Å². The molecule has 4 rings (SSSR count). The molecule has 1 atom stereocenters. The Bertz CT molecular complexity index is 1230. The van der Waals surface area contributed by atoms with Crippen LogP contribution in [0.25, 0.3) is 10.9 Å². The van der Waals surface area contributed by atoms with Crippen molar-refractivity contribution in [3.8, 4) is 6.07 Å². The first-order valence-corrected chi connectivity index (χ1v) is 10.6. The number of hydrogen-bond acceptors (Lipinski definition) is 5. The van der Waals surface area contributed by atoms with Crippen LogP contribution in [-0.2, 0) is 21.4 Å². The number of likely N-dealkylation sites (tertiary alicyclic amines) is 1. The van der Waals surface area contributed by atoms with Gasteiger partial charge in [0, 0.05) is 24.7 Å². The number of carbonyl (C=O) groups excluding carboxylic acids is 1. The van der Waals surface area contributed by atoms with Gasteiger partial charge in [0.1, 0.15) is 6.04 Å². The van der Waals surface area contributed by atoms with Gasteiger partial charge in [0.05, 0.1) is 22.0 Å². The van der Waals surface area contributed by atoms with E-state index in [4.69, 9.17) is 5.26 Å². The van der Waals surface area contributed by atoms with Crippen LogP contribution in [-0.4, -0.2) is 36.8 Å². The normalized spacial score (nSPS) is 16.9. The molecule has 2 aromatic carbocycles. The highest BCUT2D eigenvalue weighted by Gasteiger charge is 2.34. The van der Waals surface area contributed by atoms with Crippen LogP contribution < -0.4 is 4.72 Å². The van der Waals surface area contributed by atoms with Gasteiger partial charge in [-0.25, -0.2) is 8.42 Å². The number of fused-ring (bicyclic) bond motifs is 1. The largest absolute Gasteiger partial charge is 0.337 e. The number of carbonyl (C=O) groups is 1. The Morgan fingerprint density at radius 1 is 1.17 bits per heavy atom. The molecular weight excluding hydrogens is 388 g/mol. The standard InChI is InChI=1S/C21H18N4O3S/c22-13-15-3-1-4-16(11-15)14-25-10-8-20(21(25)26)24-29(27,28)18-6-7-19-17(12-18)5-2-9-23-19/h1-7,9,11-12,20,24H,8,10,14H2/t20-/m0/s1. The highest BCUT2D eigenvalue weighted by molar-refractivity contribution is 7.89. The minimum absolute atomic E-state index is 0.103. The molecule has 1 aromatic heterocycles. The zero-order valence-electron chi connectivity index (χ0n) is 15.4. The number of pyridine rings is 1. The number of benzene rings is 2. The topological polar surface area (TPSA) is 103 Å². The van der Waals surface area contributed by atoms with Gasteiger partial charge in [-0.15, -0.1) is 0 Å². The second kappa shape index (κ2) is 7.62. The number of nitrogens with one attached hydrogen (secondary N) is 1. The molecule has 0 unspecified atom stereocenters. The predicted molar refractivity (Wildman–Crippen MR) is 107 cm³/mol. The van der Waals surface area contributed by atoms with E-state index in [2.05, 4.69) is 15.8 Å². The molecule has 8 heteroatoms. The lowest BCUT2D eigenvalue weighted by Gasteiger charge is -2.17. The Labute approximate surface area is 168 Å². The van der Waals surface area contributed by atoms with E-state index in [1.54, 1.807) is 53.6 Å². The minimum Gasteiger partial charge on any atom is -0.337 e. The van der Waals surface area contributed by atoms with Crippen molar-refractivity contribution in [2.75, 3.05) is 6.54 Å². The Kier molecular flexibility index (Phi) is 5.01. The van der Waals surface area contributed by atoms with Crippen molar-refractivity contribution >= 4 is 26.8 Å². The van der Waals surface area contributed by atoms with E-state index >= 15 is 0 Å². The second-order valence-corrected chi connectivity index (χ2v) is 8.61. The molecule has 0 bridgehead atoms. The van der Waals surface area contributed by atoms with Crippen molar-refractivity contribution in [2.24, 2.45) is 0 Å². The first-order valence-electron chi connectivity index (χ1n) is 9.11. The maximum Gasteiger partial charge on any atom is 0.241 e. The van der Waals surface area contributed by atoms with Gasteiger partial charge in [-0.05, 0) is 48.4 Å². The molecule has 1 N–H and O–H groups in total. The van der Waals surface area contributed by atoms with Crippen molar-refractivity contribution < 1.29 is 13.2 Å². The molecule has 146 valence electrons. The molecule has 1 aliphatic heterocycles. The van der Waals surface area contributed by atoms with Crippen molar-refractivity contribution in [1.29, 1.82) is 5.26 Å². The van der Waals surface area contributed by atoms with E-state index in [0.29, 0.717) is 36.0 Å². The van der Waals surface area contributed by atoms with E-state index in [1.807, 2.05) is 6.07 Å². The molecule has 0 saturated carbocycles. The van der Waals surface area contributed by atoms with Crippen molar-refractivity contribution in [3.63, 3.8) is 0 Å². The molecule has 1 saturated heterocycles. The van der Waals surface area contributed by atoms with Crippen LogP contribution in [0.15, 0.2) is 65.7 Å². The van der Waals surface area contributed by atoms with E-state index in [0.717, 1.165) is 5.56 Å². The Morgan fingerprint density at radius 3 is 2.86 bits per heavy atom. The number of nitrogens with zero attached hydrogens (tertiary/aromatic N) is 3. The molecule has 1 fully saturated rings. The molecule has 0 aliphatic carbocycles. The molecule has 0 spiro atoms. The van der Waals surface area contributed by atoms with E-state index in [-0.39, 0.29) is 10.8 Å².